The van der Waals surface area contributed by atoms with Crippen LogP contribution in [0.4, 0.5) is 0 Å². The van der Waals surface area contributed by atoms with Crippen LogP contribution in [-0.2, 0) is 10.1 Å². The van der Waals surface area contributed by atoms with Crippen LogP contribution < -0.4 is 51.4 Å². The third-order valence-corrected chi connectivity index (χ3v) is 3.17. The summed E-state index contributed by atoms with van der Waals surface area (Å²) in [5.41, 5.74) is 0. The van der Waals surface area contributed by atoms with Gasteiger partial charge in [0.25, 0.3) is 0 Å². The van der Waals surface area contributed by atoms with Gasteiger partial charge in [-0.05, 0) is 19.8 Å². The van der Waals surface area contributed by atoms with Gasteiger partial charge in [-0.25, -0.2) is 8.42 Å². The number of hydrogen-bond acceptors (Lipinski definition) is 3. The molecule has 5 heteroatoms. The van der Waals surface area contributed by atoms with Gasteiger partial charge in [0.2, 0.25) is 0 Å². The molecule has 0 aliphatic heterocycles. The Morgan fingerprint density at radius 3 is 1.78 bits per heavy atom. The SMILES string of the molecule is CC1(S(=O)(=O)[O-])CC1.[K+]. The smallest absolute Gasteiger partial charge is 0.748 e. The Hall–Kier alpha value is 1.55. The molecule has 0 heterocycles. The van der Waals surface area contributed by atoms with E-state index in [0.717, 1.165) is 0 Å². The van der Waals surface area contributed by atoms with Crippen LogP contribution in [0.1, 0.15) is 19.8 Å². The predicted octanol–water partition coefficient (Wildman–Crippen LogP) is -2.91. The molecule has 0 amide bonds. The van der Waals surface area contributed by atoms with Crippen molar-refractivity contribution in [3.05, 3.63) is 0 Å². The Morgan fingerprint density at radius 2 is 1.78 bits per heavy atom. The zero-order valence-corrected chi connectivity index (χ0v) is 9.49. The van der Waals surface area contributed by atoms with Crippen LogP contribution in [0.15, 0.2) is 0 Å². The van der Waals surface area contributed by atoms with E-state index in [-0.39, 0.29) is 51.4 Å². The first-order chi connectivity index (χ1) is 3.46. The quantitative estimate of drug-likeness (QED) is 0.316. The van der Waals surface area contributed by atoms with Gasteiger partial charge in [-0.1, -0.05) is 0 Å². The molecule has 0 aromatic carbocycles. The van der Waals surface area contributed by atoms with Crippen LogP contribution >= 0.6 is 0 Å². The average Bonchev–Trinajstić information content (AvgIpc) is 2.16. The van der Waals surface area contributed by atoms with Gasteiger partial charge in [-0.3, -0.25) is 0 Å². The molecule has 0 radical (unpaired) electrons. The fourth-order valence-electron chi connectivity index (χ4n) is 0.426. The molecular formula is C4H7KO3S. The summed E-state index contributed by atoms with van der Waals surface area (Å²) in [6.45, 7) is 1.48. The molecule has 0 unspecified atom stereocenters. The zero-order chi connectivity index (χ0) is 6.41. The van der Waals surface area contributed by atoms with Crippen LogP contribution in [0.25, 0.3) is 0 Å². The van der Waals surface area contributed by atoms with E-state index in [2.05, 4.69) is 0 Å². The van der Waals surface area contributed by atoms with E-state index in [1.54, 1.807) is 0 Å². The van der Waals surface area contributed by atoms with Crippen molar-refractivity contribution < 1.29 is 64.4 Å². The first-order valence-corrected chi connectivity index (χ1v) is 3.82. The summed E-state index contributed by atoms with van der Waals surface area (Å²) in [6.07, 6.45) is 1.08. The van der Waals surface area contributed by atoms with E-state index >= 15 is 0 Å². The van der Waals surface area contributed by atoms with E-state index in [9.17, 15) is 13.0 Å². The van der Waals surface area contributed by atoms with Gasteiger partial charge in [0, 0.05) is 0 Å². The molecule has 1 saturated carbocycles. The van der Waals surface area contributed by atoms with Crippen molar-refractivity contribution in [2.75, 3.05) is 0 Å². The Bertz CT molecular complexity index is 192. The van der Waals surface area contributed by atoms with Crippen LogP contribution in [0.5, 0.6) is 0 Å². The van der Waals surface area contributed by atoms with E-state index in [1.165, 1.54) is 6.92 Å². The second-order valence-electron chi connectivity index (χ2n) is 2.40. The molecule has 48 valence electrons. The molecule has 1 aliphatic rings. The van der Waals surface area contributed by atoms with Crippen molar-refractivity contribution in [1.82, 2.24) is 0 Å². The molecule has 1 fully saturated rings. The fourth-order valence-corrected chi connectivity index (χ4v) is 1.03. The van der Waals surface area contributed by atoms with Crippen LogP contribution in [-0.4, -0.2) is 17.7 Å². The zero-order valence-electron chi connectivity index (χ0n) is 5.55. The summed E-state index contributed by atoms with van der Waals surface area (Å²) >= 11 is 0. The van der Waals surface area contributed by atoms with Gasteiger partial charge in [0.1, 0.15) is 10.1 Å². The molecule has 0 aromatic heterocycles. The molecule has 3 nitrogen and oxygen atoms in total. The first-order valence-electron chi connectivity index (χ1n) is 2.41. The number of hydrogen-bond donors (Lipinski definition) is 0. The average molecular weight is 174 g/mol. The molecule has 0 bridgehead atoms. The maximum absolute atomic E-state index is 10.2. The van der Waals surface area contributed by atoms with Crippen LogP contribution in [0, 0.1) is 0 Å². The van der Waals surface area contributed by atoms with Crippen LogP contribution in [0.3, 0.4) is 0 Å². The maximum Gasteiger partial charge on any atom is 1.00 e. The van der Waals surface area contributed by atoms with Crippen molar-refractivity contribution >= 4 is 10.1 Å². The third kappa shape index (κ3) is 2.25. The second kappa shape index (κ2) is 2.88. The molecule has 0 spiro atoms. The Morgan fingerprint density at radius 1 is 1.44 bits per heavy atom. The van der Waals surface area contributed by atoms with E-state index < -0.39 is 14.9 Å². The molecule has 0 N–H and O–H groups in total. The molecule has 9 heavy (non-hydrogen) atoms. The van der Waals surface area contributed by atoms with Gasteiger partial charge in [0.15, 0.2) is 0 Å². The predicted molar refractivity (Wildman–Crippen MR) is 27.3 cm³/mol. The Balaban J connectivity index is 0.000000640. The molecule has 0 saturated heterocycles. The van der Waals surface area contributed by atoms with Crippen molar-refractivity contribution in [2.45, 2.75) is 24.5 Å². The molecule has 1 aliphatic carbocycles. The molecule has 0 atom stereocenters. The normalized spacial score (nSPS) is 22.4. The molecule has 0 aromatic rings. The van der Waals surface area contributed by atoms with Crippen molar-refractivity contribution in [3.63, 3.8) is 0 Å². The van der Waals surface area contributed by atoms with Gasteiger partial charge < -0.3 is 4.55 Å². The summed E-state index contributed by atoms with van der Waals surface area (Å²) in [6, 6.07) is 0. The van der Waals surface area contributed by atoms with E-state index in [4.69, 9.17) is 0 Å². The largest absolute Gasteiger partial charge is 1.00 e. The standard InChI is InChI=1S/C4H8O3S.K/c1-4(2-3-4)8(5,6)7;/h2-3H2,1H3,(H,5,6,7);/q;+1/p-1. The van der Waals surface area contributed by atoms with Crippen molar-refractivity contribution in [3.8, 4) is 0 Å². The van der Waals surface area contributed by atoms with Gasteiger partial charge in [0.05, 0.1) is 4.75 Å². The van der Waals surface area contributed by atoms with Crippen LogP contribution in [0.2, 0.25) is 0 Å². The Kier molecular flexibility index (Phi) is 3.38. The van der Waals surface area contributed by atoms with Crippen molar-refractivity contribution in [1.29, 1.82) is 0 Å². The topological polar surface area (TPSA) is 57.2 Å². The Labute approximate surface area is 97.4 Å². The van der Waals surface area contributed by atoms with Gasteiger partial charge in [-0.15, -0.1) is 0 Å². The summed E-state index contributed by atoms with van der Waals surface area (Å²) in [7, 11) is -3.98. The van der Waals surface area contributed by atoms with Gasteiger partial charge in [-0.2, -0.15) is 0 Å². The summed E-state index contributed by atoms with van der Waals surface area (Å²) < 4.78 is 29.6. The van der Waals surface area contributed by atoms with E-state index in [0.29, 0.717) is 12.8 Å². The fraction of sp³-hybridized carbons (Fsp3) is 1.00. The minimum atomic E-state index is -3.98. The first kappa shape index (κ1) is 10.5. The second-order valence-corrected chi connectivity index (χ2v) is 4.30. The summed E-state index contributed by atoms with van der Waals surface area (Å²) in [4.78, 5) is 0. The summed E-state index contributed by atoms with van der Waals surface area (Å²) in [5.74, 6) is 0. The third-order valence-electron chi connectivity index (χ3n) is 1.56. The number of rotatable bonds is 1. The maximum atomic E-state index is 10.2. The minimum Gasteiger partial charge on any atom is -0.748 e. The van der Waals surface area contributed by atoms with Crippen molar-refractivity contribution in [2.24, 2.45) is 0 Å². The molecular weight excluding hydrogens is 167 g/mol. The minimum absolute atomic E-state index is 0. The monoisotopic (exact) mass is 174 g/mol. The summed E-state index contributed by atoms with van der Waals surface area (Å²) in [5, 5.41) is 0. The van der Waals surface area contributed by atoms with Gasteiger partial charge >= 0.3 is 51.4 Å². The molecule has 1 rings (SSSR count). The van der Waals surface area contributed by atoms with E-state index in [1.807, 2.05) is 0 Å².